The number of hydrogen-bond acceptors (Lipinski definition) is 4. The molecule has 6 nitrogen and oxygen atoms in total. The van der Waals surface area contributed by atoms with Crippen LogP contribution < -0.4 is 15.8 Å². The van der Waals surface area contributed by atoms with Crippen molar-refractivity contribution in [3.8, 4) is 0 Å². The molecule has 2 aromatic rings. The second kappa shape index (κ2) is 7.42. The molecule has 2 heterocycles. The van der Waals surface area contributed by atoms with E-state index in [-0.39, 0.29) is 23.9 Å². The van der Waals surface area contributed by atoms with Gasteiger partial charge in [-0.15, -0.1) is 0 Å². The highest BCUT2D eigenvalue weighted by atomic mass is 16.5. The Morgan fingerprint density at radius 2 is 1.96 bits per heavy atom. The van der Waals surface area contributed by atoms with Crippen molar-refractivity contribution in [2.24, 2.45) is 0 Å². The molecule has 1 aromatic carbocycles. The third-order valence-electron chi connectivity index (χ3n) is 4.26. The molecule has 0 saturated carbocycles. The number of hydrogen-bond donors (Lipinski definition) is 1. The molecular formula is C19H23N3O3. The molecule has 6 heteroatoms. The van der Waals surface area contributed by atoms with Gasteiger partial charge in [-0.3, -0.25) is 10.1 Å². The standard InChI is InChI=1S/C19H23N3O3/c1-14(2)22-12-16(21-9-6-10-21)11-17(18(22)23)20-19(24)25-13-15-7-4-3-5-8-15/h3-5,7-8,11-12,14H,6,9-10,13H2,1-2H3,(H,20,24). The molecular weight excluding hydrogens is 318 g/mol. The summed E-state index contributed by atoms with van der Waals surface area (Å²) in [5.41, 5.74) is 1.86. The zero-order chi connectivity index (χ0) is 17.8. The molecule has 1 fully saturated rings. The molecule has 132 valence electrons. The lowest BCUT2D eigenvalue weighted by molar-refractivity contribution is 0.155. The number of carbonyl (C=O) groups is 1. The molecule has 1 amide bonds. The van der Waals surface area contributed by atoms with Crippen molar-refractivity contribution in [2.75, 3.05) is 23.3 Å². The van der Waals surface area contributed by atoms with E-state index in [2.05, 4.69) is 10.2 Å². The molecule has 1 aliphatic heterocycles. The number of carbonyl (C=O) groups excluding carboxylic acids is 1. The molecule has 0 aliphatic carbocycles. The van der Waals surface area contributed by atoms with Gasteiger partial charge in [0.15, 0.2) is 0 Å². The summed E-state index contributed by atoms with van der Waals surface area (Å²) in [4.78, 5) is 26.8. The van der Waals surface area contributed by atoms with E-state index >= 15 is 0 Å². The summed E-state index contributed by atoms with van der Waals surface area (Å²) in [6, 6.07) is 11.2. The van der Waals surface area contributed by atoms with Crippen LogP contribution >= 0.6 is 0 Å². The minimum Gasteiger partial charge on any atom is -0.444 e. The van der Waals surface area contributed by atoms with Crippen LogP contribution in [0.4, 0.5) is 16.2 Å². The first-order valence-electron chi connectivity index (χ1n) is 8.53. The third kappa shape index (κ3) is 4.02. The summed E-state index contributed by atoms with van der Waals surface area (Å²) in [7, 11) is 0. The molecule has 3 rings (SSSR count). The van der Waals surface area contributed by atoms with Crippen molar-refractivity contribution >= 4 is 17.5 Å². The zero-order valence-electron chi connectivity index (χ0n) is 14.6. The number of rotatable bonds is 5. The maximum absolute atomic E-state index is 12.6. The molecule has 1 N–H and O–H groups in total. The van der Waals surface area contributed by atoms with Gasteiger partial charge in [0.1, 0.15) is 12.3 Å². The summed E-state index contributed by atoms with van der Waals surface area (Å²) in [5.74, 6) is 0. The summed E-state index contributed by atoms with van der Waals surface area (Å²) in [6.07, 6.45) is 2.37. The van der Waals surface area contributed by atoms with E-state index in [0.717, 1.165) is 30.8 Å². The minimum atomic E-state index is -0.628. The zero-order valence-corrected chi connectivity index (χ0v) is 14.6. The van der Waals surface area contributed by atoms with Crippen molar-refractivity contribution in [2.45, 2.75) is 32.9 Å². The van der Waals surface area contributed by atoms with Crippen molar-refractivity contribution in [1.29, 1.82) is 0 Å². The van der Waals surface area contributed by atoms with Crippen LogP contribution in [0.5, 0.6) is 0 Å². The van der Waals surface area contributed by atoms with E-state index in [9.17, 15) is 9.59 Å². The van der Waals surface area contributed by atoms with Crippen molar-refractivity contribution in [3.05, 3.63) is 58.5 Å². The highest BCUT2D eigenvalue weighted by Gasteiger charge is 2.19. The number of pyridine rings is 1. The molecule has 1 aromatic heterocycles. The summed E-state index contributed by atoms with van der Waals surface area (Å²) < 4.78 is 6.86. The Labute approximate surface area is 147 Å². The molecule has 0 spiro atoms. The number of nitrogens with one attached hydrogen (secondary N) is 1. The Morgan fingerprint density at radius 1 is 1.24 bits per heavy atom. The van der Waals surface area contributed by atoms with Crippen LogP contribution in [0.25, 0.3) is 0 Å². The molecule has 1 saturated heterocycles. The number of anilines is 2. The van der Waals surface area contributed by atoms with Crippen LogP contribution in [-0.2, 0) is 11.3 Å². The lowest BCUT2D eigenvalue weighted by Gasteiger charge is -2.34. The normalized spacial score (nSPS) is 13.5. The van der Waals surface area contributed by atoms with Crippen LogP contribution in [0.2, 0.25) is 0 Å². The molecule has 0 radical (unpaired) electrons. The molecule has 0 atom stereocenters. The fourth-order valence-electron chi connectivity index (χ4n) is 2.68. The van der Waals surface area contributed by atoms with Gasteiger partial charge in [-0.05, 0) is 31.9 Å². The Balaban J connectivity index is 1.75. The number of benzene rings is 1. The fourth-order valence-corrected chi connectivity index (χ4v) is 2.68. The number of nitrogens with zero attached hydrogens (tertiary/aromatic N) is 2. The summed E-state index contributed by atoms with van der Waals surface area (Å²) in [6.45, 7) is 5.98. The van der Waals surface area contributed by atoms with Crippen LogP contribution in [0, 0.1) is 0 Å². The topological polar surface area (TPSA) is 63.6 Å². The van der Waals surface area contributed by atoms with Crippen molar-refractivity contribution in [3.63, 3.8) is 0 Å². The van der Waals surface area contributed by atoms with Gasteiger partial charge >= 0.3 is 6.09 Å². The monoisotopic (exact) mass is 341 g/mol. The summed E-state index contributed by atoms with van der Waals surface area (Å²) >= 11 is 0. The number of aromatic nitrogens is 1. The first kappa shape index (κ1) is 17.1. The van der Waals surface area contributed by atoms with Crippen LogP contribution in [-0.4, -0.2) is 23.7 Å². The highest BCUT2D eigenvalue weighted by Crippen LogP contribution is 2.23. The van der Waals surface area contributed by atoms with E-state index < -0.39 is 6.09 Å². The van der Waals surface area contributed by atoms with Gasteiger partial charge in [0.2, 0.25) is 0 Å². The molecule has 0 unspecified atom stereocenters. The van der Waals surface area contributed by atoms with Gasteiger partial charge in [0, 0.05) is 25.3 Å². The van der Waals surface area contributed by atoms with Gasteiger partial charge in [0.05, 0.1) is 5.69 Å². The Morgan fingerprint density at radius 3 is 2.56 bits per heavy atom. The Kier molecular flexibility index (Phi) is 5.07. The molecule has 0 bridgehead atoms. The second-order valence-electron chi connectivity index (χ2n) is 6.45. The van der Waals surface area contributed by atoms with E-state index in [1.807, 2.05) is 50.4 Å². The van der Waals surface area contributed by atoms with Gasteiger partial charge in [0.25, 0.3) is 5.56 Å². The summed E-state index contributed by atoms with van der Waals surface area (Å²) in [5, 5.41) is 2.60. The largest absolute Gasteiger partial charge is 0.444 e. The SMILES string of the molecule is CC(C)n1cc(N2CCC2)cc(NC(=O)OCc2ccccc2)c1=O. The van der Waals surface area contributed by atoms with Gasteiger partial charge < -0.3 is 14.2 Å². The van der Waals surface area contributed by atoms with E-state index in [1.54, 1.807) is 10.6 Å². The van der Waals surface area contributed by atoms with Crippen LogP contribution in [0.3, 0.4) is 0 Å². The predicted octanol–water partition coefficient (Wildman–Crippen LogP) is 3.39. The fraction of sp³-hybridized carbons (Fsp3) is 0.368. The highest BCUT2D eigenvalue weighted by molar-refractivity contribution is 5.85. The van der Waals surface area contributed by atoms with E-state index in [4.69, 9.17) is 4.74 Å². The average molecular weight is 341 g/mol. The first-order valence-corrected chi connectivity index (χ1v) is 8.53. The lowest BCUT2D eigenvalue weighted by atomic mass is 10.2. The smallest absolute Gasteiger partial charge is 0.412 e. The van der Waals surface area contributed by atoms with E-state index in [1.165, 1.54) is 0 Å². The van der Waals surface area contributed by atoms with Gasteiger partial charge in [-0.1, -0.05) is 30.3 Å². The molecule has 1 aliphatic rings. The maximum Gasteiger partial charge on any atom is 0.412 e. The van der Waals surface area contributed by atoms with Gasteiger partial charge in [-0.2, -0.15) is 0 Å². The lowest BCUT2D eigenvalue weighted by Crippen LogP contribution is -2.38. The van der Waals surface area contributed by atoms with Crippen molar-refractivity contribution in [1.82, 2.24) is 4.57 Å². The van der Waals surface area contributed by atoms with Crippen LogP contribution in [0.1, 0.15) is 31.9 Å². The minimum absolute atomic E-state index is 0.00890. The average Bonchev–Trinajstić information content (AvgIpc) is 2.55. The Bertz CT molecular complexity index is 795. The maximum atomic E-state index is 12.6. The molecule has 25 heavy (non-hydrogen) atoms. The third-order valence-corrected chi connectivity index (χ3v) is 4.26. The first-order chi connectivity index (χ1) is 12.0. The quantitative estimate of drug-likeness (QED) is 0.905. The Hall–Kier alpha value is -2.76. The van der Waals surface area contributed by atoms with Crippen molar-refractivity contribution < 1.29 is 9.53 Å². The second-order valence-corrected chi connectivity index (χ2v) is 6.45. The predicted molar refractivity (Wildman–Crippen MR) is 98.2 cm³/mol. The number of ether oxygens (including phenoxy) is 1. The van der Waals surface area contributed by atoms with Crippen LogP contribution in [0.15, 0.2) is 47.4 Å². The van der Waals surface area contributed by atoms with Gasteiger partial charge in [-0.25, -0.2) is 4.79 Å². The van der Waals surface area contributed by atoms with E-state index in [0.29, 0.717) is 0 Å². The number of amides is 1.